The Bertz CT molecular complexity index is 290. The van der Waals surface area contributed by atoms with E-state index in [1.807, 2.05) is 0 Å². The van der Waals surface area contributed by atoms with Crippen molar-refractivity contribution in [3.05, 3.63) is 24.3 Å². The molecule has 0 aliphatic heterocycles. The average molecular weight is 336 g/mol. The minimum Gasteiger partial charge on any atom is -0.309 e. The summed E-state index contributed by atoms with van der Waals surface area (Å²) >= 11 is 0. The molecule has 0 aliphatic rings. The van der Waals surface area contributed by atoms with Crippen molar-refractivity contribution in [3.8, 4) is 0 Å². The Morgan fingerprint density at radius 1 is 0.708 bits per heavy atom. The van der Waals surface area contributed by atoms with Gasteiger partial charge in [0.2, 0.25) is 0 Å². The van der Waals surface area contributed by atoms with E-state index in [9.17, 15) is 0 Å². The molecule has 0 bridgehead atoms. The van der Waals surface area contributed by atoms with Crippen LogP contribution in [0.4, 0.5) is 0 Å². The van der Waals surface area contributed by atoms with E-state index in [1.165, 1.54) is 83.6 Å². The van der Waals surface area contributed by atoms with Crippen molar-refractivity contribution < 1.29 is 0 Å². The van der Waals surface area contributed by atoms with Crippen LogP contribution < -0.4 is 0 Å². The summed E-state index contributed by atoms with van der Waals surface area (Å²) < 4.78 is 0. The second-order valence-electron chi connectivity index (χ2n) is 7.74. The Balaban J connectivity index is 3.23. The molecule has 0 fully saturated rings. The highest BCUT2D eigenvalue weighted by Crippen LogP contribution is 2.13. The van der Waals surface area contributed by atoms with Crippen molar-refractivity contribution in [2.75, 3.05) is 20.6 Å². The fourth-order valence-corrected chi connectivity index (χ4v) is 3.20. The number of hydrogen-bond acceptors (Lipinski definition) is 1. The first-order chi connectivity index (χ1) is 11.7. The van der Waals surface area contributed by atoms with E-state index in [2.05, 4.69) is 57.1 Å². The summed E-state index contributed by atoms with van der Waals surface area (Å²) in [6, 6.07) is 0. The Hall–Kier alpha value is -0.560. The fraction of sp³-hybridized carbons (Fsp3) is 0.826. The molecule has 0 heterocycles. The minimum atomic E-state index is 0.853. The van der Waals surface area contributed by atoms with Crippen LogP contribution in [0.1, 0.15) is 97.3 Å². The van der Waals surface area contributed by atoms with Crippen molar-refractivity contribution in [2.24, 2.45) is 5.92 Å². The first-order valence-electron chi connectivity index (χ1n) is 10.6. The molecule has 0 aromatic rings. The van der Waals surface area contributed by atoms with Gasteiger partial charge in [0, 0.05) is 6.54 Å². The molecule has 0 amide bonds. The molecule has 1 nitrogen and oxygen atoms in total. The van der Waals surface area contributed by atoms with Crippen LogP contribution in [0.15, 0.2) is 24.3 Å². The van der Waals surface area contributed by atoms with Crippen molar-refractivity contribution in [1.29, 1.82) is 0 Å². The molecule has 0 aliphatic carbocycles. The van der Waals surface area contributed by atoms with Gasteiger partial charge in [-0.1, -0.05) is 83.1 Å². The van der Waals surface area contributed by atoms with Gasteiger partial charge in [-0.15, -0.1) is 0 Å². The topological polar surface area (TPSA) is 3.24 Å². The van der Waals surface area contributed by atoms with E-state index in [-0.39, 0.29) is 0 Å². The number of unbranched alkanes of at least 4 members (excludes halogenated alkanes) is 9. The number of nitrogens with zero attached hydrogens (tertiary/aromatic N) is 1. The zero-order valence-corrected chi connectivity index (χ0v) is 17.2. The predicted octanol–water partition coefficient (Wildman–Crippen LogP) is 7.39. The highest BCUT2D eigenvalue weighted by molar-refractivity contribution is 4.92. The van der Waals surface area contributed by atoms with Gasteiger partial charge in [-0.05, 0) is 58.5 Å². The first kappa shape index (κ1) is 23.4. The average Bonchev–Trinajstić information content (AvgIpc) is 2.53. The minimum absolute atomic E-state index is 0.853. The van der Waals surface area contributed by atoms with Crippen LogP contribution in [-0.2, 0) is 0 Å². The standard InChI is InChI=1S/C23H45N/c1-5-6-7-8-9-10-11-12-13-14-15-16-17-18-19-20-21-23(2)22-24(3)4/h9-10,12-13,23H,5-8,11,14-22H2,1-4H3/b10-9-,13-12-. The second kappa shape index (κ2) is 18.8. The molecule has 0 saturated carbocycles. The molecule has 0 spiro atoms. The summed E-state index contributed by atoms with van der Waals surface area (Å²) in [5, 5.41) is 0. The van der Waals surface area contributed by atoms with Crippen molar-refractivity contribution in [3.63, 3.8) is 0 Å². The molecule has 0 N–H and O–H groups in total. The number of hydrogen-bond donors (Lipinski definition) is 0. The van der Waals surface area contributed by atoms with Crippen LogP contribution in [0.3, 0.4) is 0 Å². The summed E-state index contributed by atoms with van der Waals surface area (Å²) in [7, 11) is 4.35. The summed E-state index contributed by atoms with van der Waals surface area (Å²) in [5.74, 6) is 0.853. The van der Waals surface area contributed by atoms with Gasteiger partial charge in [-0.25, -0.2) is 0 Å². The van der Waals surface area contributed by atoms with E-state index in [4.69, 9.17) is 0 Å². The number of allylic oxidation sites excluding steroid dienone is 4. The molecule has 142 valence electrons. The highest BCUT2D eigenvalue weighted by Gasteiger charge is 2.02. The summed E-state index contributed by atoms with van der Waals surface area (Å²) in [6.45, 7) is 5.88. The quantitative estimate of drug-likeness (QED) is 0.198. The van der Waals surface area contributed by atoms with Gasteiger partial charge in [-0.3, -0.25) is 0 Å². The van der Waals surface area contributed by atoms with Crippen molar-refractivity contribution in [2.45, 2.75) is 97.3 Å². The largest absolute Gasteiger partial charge is 0.309 e. The lowest BCUT2D eigenvalue weighted by molar-refractivity contribution is 0.321. The van der Waals surface area contributed by atoms with Crippen molar-refractivity contribution >= 4 is 0 Å². The molecule has 0 saturated heterocycles. The third kappa shape index (κ3) is 19.5. The maximum absolute atomic E-state index is 2.38. The van der Waals surface area contributed by atoms with E-state index in [0.29, 0.717) is 0 Å². The maximum atomic E-state index is 2.38. The van der Waals surface area contributed by atoms with Crippen LogP contribution in [-0.4, -0.2) is 25.5 Å². The van der Waals surface area contributed by atoms with Gasteiger partial charge >= 0.3 is 0 Å². The Morgan fingerprint density at radius 3 is 1.83 bits per heavy atom. The van der Waals surface area contributed by atoms with E-state index >= 15 is 0 Å². The summed E-state index contributed by atoms with van der Waals surface area (Å²) in [4.78, 5) is 2.31. The third-order valence-electron chi connectivity index (χ3n) is 4.57. The molecule has 0 aromatic heterocycles. The molecular formula is C23H45N. The first-order valence-corrected chi connectivity index (χ1v) is 10.6. The molecule has 1 atom stereocenters. The van der Waals surface area contributed by atoms with Crippen LogP contribution in [0.5, 0.6) is 0 Å². The Kier molecular flexibility index (Phi) is 18.3. The molecule has 0 radical (unpaired) electrons. The van der Waals surface area contributed by atoms with Crippen LogP contribution in [0, 0.1) is 5.92 Å². The summed E-state index contributed by atoms with van der Waals surface area (Å²) in [6.07, 6.45) is 26.9. The Morgan fingerprint density at radius 2 is 1.25 bits per heavy atom. The lowest BCUT2D eigenvalue weighted by Gasteiger charge is -2.16. The number of rotatable bonds is 17. The van der Waals surface area contributed by atoms with Gasteiger partial charge in [0.15, 0.2) is 0 Å². The third-order valence-corrected chi connectivity index (χ3v) is 4.57. The van der Waals surface area contributed by atoms with Crippen LogP contribution in [0.25, 0.3) is 0 Å². The monoisotopic (exact) mass is 335 g/mol. The van der Waals surface area contributed by atoms with Gasteiger partial charge in [0.05, 0.1) is 0 Å². The predicted molar refractivity (Wildman–Crippen MR) is 112 cm³/mol. The lowest BCUT2D eigenvalue weighted by Crippen LogP contribution is -2.19. The van der Waals surface area contributed by atoms with E-state index in [1.54, 1.807) is 0 Å². The maximum Gasteiger partial charge on any atom is 0.0000920 e. The zero-order chi connectivity index (χ0) is 17.9. The molecule has 24 heavy (non-hydrogen) atoms. The van der Waals surface area contributed by atoms with Crippen LogP contribution >= 0.6 is 0 Å². The molecule has 1 heteroatoms. The molecule has 1 unspecified atom stereocenters. The van der Waals surface area contributed by atoms with Gasteiger partial charge in [0.25, 0.3) is 0 Å². The zero-order valence-electron chi connectivity index (χ0n) is 17.2. The SMILES string of the molecule is CCCCC/C=C\C/C=C\CCCCCCCCC(C)CN(C)C. The second-order valence-corrected chi connectivity index (χ2v) is 7.74. The highest BCUT2D eigenvalue weighted by atomic mass is 15.1. The molecular weight excluding hydrogens is 290 g/mol. The van der Waals surface area contributed by atoms with Gasteiger partial charge in [0.1, 0.15) is 0 Å². The van der Waals surface area contributed by atoms with E-state index in [0.717, 1.165) is 12.3 Å². The normalized spacial score (nSPS) is 13.5. The summed E-state index contributed by atoms with van der Waals surface area (Å²) in [5.41, 5.74) is 0. The van der Waals surface area contributed by atoms with E-state index < -0.39 is 0 Å². The fourth-order valence-electron chi connectivity index (χ4n) is 3.20. The Labute approximate surface area is 153 Å². The molecule has 0 rings (SSSR count). The van der Waals surface area contributed by atoms with Crippen molar-refractivity contribution in [1.82, 2.24) is 4.90 Å². The van der Waals surface area contributed by atoms with Crippen LogP contribution in [0.2, 0.25) is 0 Å². The van der Waals surface area contributed by atoms with Gasteiger partial charge in [-0.2, -0.15) is 0 Å². The van der Waals surface area contributed by atoms with Gasteiger partial charge < -0.3 is 4.90 Å². The molecule has 0 aromatic carbocycles. The smallest absolute Gasteiger partial charge is 0.0000920 e. The lowest BCUT2D eigenvalue weighted by atomic mass is 10.0.